The second-order valence-corrected chi connectivity index (χ2v) is 11.9. The summed E-state index contributed by atoms with van der Waals surface area (Å²) < 4.78 is 27.7. The minimum atomic E-state index is -4.09. The van der Waals surface area contributed by atoms with Gasteiger partial charge in [0.2, 0.25) is 0 Å². The van der Waals surface area contributed by atoms with E-state index in [0.717, 1.165) is 28.5 Å². The Morgan fingerprint density at radius 3 is 2.06 bits per heavy atom. The molecule has 1 aliphatic rings. The molecule has 0 saturated carbocycles. The number of benzene rings is 3. The van der Waals surface area contributed by atoms with Crippen LogP contribution >= 0.6 is 24.0 Å². The van der Waals surface area contributed by atoms with Crippen molar-refractivity contribution in [2.45, 2.75) is 24.8 Å². The number of hydrogen-bond acceptors (Lipinski definition) is 6. The van der Waals surface area contributed by atoms with Gasteiger partial charge in [-0.1, -0.05) is 111 Å². The summed E-state index contributed by atoms with van der Waals surface area (Å²) in [7, 11) is -4.09. The number of carbonyl (C=O) groups is 2. The Balaban J connectivity index is 1.55. The van der Waals surface area contributed by atoms with E-state index in [2.05, 4.69) is 4.72 Å². The molecular formula is C27H24N2O4S3. The van der Waals surface area contributed by atoms with E-state index in [1.54, 1.807) is 38.1 Å². The third-order valence-electron chi connectivity index (χ3n) is 5.61. The summed E-state index contributed by atoms with van der Waals surface area (Å²) in [6.45, 7) is 3.48. The van der Waals surface area contributed by atoms with Crippen molar-refractivity contribution in [3.05, 3.63) is 95.4 Å². The van der Waals surface area contributed by atoms with Gasteiger partial charge < -0.3 is 0 Å². The highest BCUT2D eigenvalue weighted by molar-refractivity contribution is 8.26. The standard InChI is InChI=1S/C27H24N2O4S3/c1-18(2)24(25(30)28-36(32,33)22-11-7-4-8-12-22)29-26(31)23(35-27(29)34)17-19-13-15-21(16-14-19)20-9-5-3-6-10-20/h3-18,24H,1-2H3,(H,28,30)/b23-17-/t24-/m0/s1. The number of amides is 2. The monoisotopic (exact) mass is 536 g/mol. The first-order valence-corrected chi connectivity index (χ1v) is 13.9. The maximum atomic E-state index is 13.3. The smallest absolute Gasteiger partial charge is 0.266 e. The minimum absolute atomic E-state index is 0.0370. The molecule has 4 rings (SSSR count). The van der Waals surface area contributed by atoms with Gasteiger partial charge >= 0.3 is 0 Å². The third-order valence-corrected chi connectivity index (χ3v) is 8.30. The molecule has 9 heteroatoms. The first-order valence-electron chi connectivity index (χ1n) is 11.2. The molecular weight excluding hydrogens is 513 g/mol. The summed E-state index contributed by atoms with van der Waals surface area (Å²) in [4.78, 5) is 28.0. The van der Waals surface area contributed by atoms with Gasteiger partial charge in [0.15, 0.2) is 0 Å². The van der Waals surface area contributed by atoms with Crippen LogP contribution < -0.4 is 4.72 Å². The fourth-order valence-electron chi connectivity index (χ4n) is 3.84. The fourth-order valence-corrected chi connectivity index (χ4v) is 6.19. The highest BCUT2D eigenvalue weighted by atomic mass is 32.2. The highest BCUT2D eigenvalue weighted by Gasteiger charge is 2.42. The van der Waals surface area contributed by atoms with Crippen LogP contribution in [-0.2, 0) is 19.6 Å². The predicted molar refractivity (Wildman–Crippen MR) is 147 cm³/mol. The fraction of sp³-hybridized carbons (Fsp3) is 0.148. The molecule has 1 atom stereocenters. The van der Waals surface area contributed by atoms with E-state index in [1.807, 2.05) is 54.6 Å². The van der Waals surface area contributed by atoms with Crippen LogP contribution in [0.4, 0.5) is 0 Å². The van der Waals surface area contributed by atoms with Gasteiger partial charge in [0, 0.05) is 0 Å². The van der Waals surface area contributed by atoms with E-state index in [1.165, 1.54) is 17.0 Å². The average Bonchev–Trinajstić information content (AvgIpc) is 3.13. The Morgan fingerprint density at radius 1 is 0.917 bits per heavy atom. The van der Waals surface area contributed by atoms with Crippen molar-refractivity contribution in [2.24, 2.45) is 5.92 Å². The number of thioether (sulfide) groups is 1. The number of hydrogen-bond donors (Lipinski definition) is 1. The molecule has 1 heterocycles. The molecule has 1 N–H and O–H groups in total. The van der Waals surface area contributed by atoms with E-state index < -0.39 is 27.9 Å². The second kappa shape index (κ2) is 10.8. The van der Waals surface area contributed by atoms with Crippen LogP contribution in [0.3, 0.4) is 0 Å². The molecule has 1 aliphatic heterocycles. The summed E-state index contributed by atoms with van der Waals surface area (Å²) in [6, 6.07) is 24.2. The zero-order valence-corrected chi connectivity index (χ0v) is 22.1. The van der Waals surface area contributed by atoms with Gasteiger partial charge in [0.05, 0.1) is 9.80 Å². The number of sulfonamides is 1. The van der Waals surface area contributed by atoms with Crippen molar-refractivity contribution in [2.75, 3.05) is 0 Å². The van der Waals surface area contributed by atoms with Crippen LogP contribution in [0.15, 0.2) is 94.7 Å². The molecule has 0 spiro atoms. The highest BCUT2D eigenvalue weighted by Crippen LogP contribution is 2.36. The van der Waals surface area contributed by atoms with Crippen LogP contribution in [0, 0.1) is 5.92 Å². The first-order chi connectivity index (χ1) is 17.2. The van der Waals surface area contributed by atoms with E-state index in [4.69, 9.17) is 12.2 Å². The maximum Gasteiger partial charge on any atom is 0.266 e. The molecule has 3 aromatic rings. The van der Waals surface area contributed by atoms with Gasteiger partial charge in [-0.15, -0.1) is 0 Å². The lowest BCUT2D eigenvalue weighted by Crippen LogP contribution is -2.52. The Hall–Kier alpha value is -3.27. The molecule has 0 aliphatic carbocycles. The zero-order chi connectivity index (χ0) is 25.9. The van der Waals surface area contributed by atoms with Crippen molar-refractivity contribution < 1.29 is 18.0 Å². The quantitative estimate of drug-likeness (QED) is 0.335. The van der Waals surface area contributed by atoms with Crippen molar-refractivity contribution in [1.29, 1.82) is 0 Å². The Morgan fingerprint density at radius 2 is 1.47 bits per heavy atom. The average molecular weight is 537 g/mol. The summed E-state index contributed by atoms with van der Waals surface area (Å²) in [5.74, 6) is -1.62. The summed E-state index contributed by atoms with van der Waals surface area (Å²) in [5, 5.41) is 0. The van der Waals surface area contributed by atoms with Crippen molar-refractivity contribution in [3.63, 3.8) is 0 Å². The number of nitrogens with one attached hydrogen (secondary N) is 1. The van der Waals surface area contributed by atoms with Crippen LogP contribution in [-0.4, -0.2) is 35.5 Å². The number of rotatable bonds is 7. The SMILES string of the molecule is CC(C)[C@@H](C(=O)NS(=O)(=O)c1ccccc1)N1C(=O)/C(=C/c2ccc(-c3ccccc3)cc2)SC1=S. The second-order valence-electron chi connectivity index (χ2n) is 8.51. The molecule has 184 valence electrons. The zero-order valence-electron chi connectivity index (χ0n) is 19.6. The van der Waals surface area contributed by atoms with Crippen LogP contribution in [0.2, 0.25) is 0 Å². The van der Waals surface area contributed by atoms with Crippen molar-refractivity contribution in [1.82, 2.24) is 9.62 Å². The van der Waals surface area contributed by atoms with Gasteiger partial charge in [0.25, 0.3) is 21.8 Å². The summed E-state index contributed by atoms with van der Waals surface area (Å²) >= 11 is 6.54. The maximum absolute atomic E-state index is 13.3. The molecule has 2 amide bonds. The van der Waals surface area contributed by atoms with E-state index in [9.17, 15) is 18.0 Å². The van der Waals surface area contributed by atoms with Gasteiger partial charge in [0.1, 0.15) is 10.4 Å². The lowest BCUT2D eigenvalue weighted by Gasteiger charge is -2.28. The number of carbonyl (C=O) groups excluding carboxylic acids is 2. The lowest BCUT2D eigenvalue weighted by molar-refractivity contribution is -0.133. The summed E-state index contributed by atoms with van der Waals surface area (Å²) in [6.07, 6.45) is 1.73. The molecule has 1 saturated heterocycles. The third kappa shape index (κ3) is 5.59. The number of nitrogens with zero attached hydrogens (tertiary/aromatic N) is 1. The van der Waals surface area contributed by atoms with Crippen LogP contribution in [0.1, 0.15) is 19.4 Å². The first kappa shape index (κ1) is 25.8. The minimum Gasteiger partial charge on any atom is -0.280 e. The van der Waals surface area contributed by atoms with Crippen LogP contribution in [0.5, 0.6) is 0 Å². The van der Waals surface area contributed by atoms with Crippen LogP contribution in [0.25, 0.3) is 17.2 Å². The van der Waals surface area contributed by atoms with E-state index >= 15 is 0 Å². The molecule has 36 heavy (non-hydrogen) atoms. The topological polar surface area (TPSA) is 83.6 Å². The largest absolute Gasteiger partial charge is 0.280 e. The molecule has 6 nitrogen and oxygen atoms in total. The lowest BCUT2D eigenvalue weighted by atomic mass is 10.0. The molecule has 0 aromatic heterocycles. The van der Waals surface area contributed by atoms with E-state index in [0.29, 0.717) is 4.91 Å². The van der Waals surface area contributed by atoms with Crippen molar-refractivity contribution in [3.8, 4) is 11.1 Å². The Bertz CT molecular complexity index is 1420. The van der Waals surface area contributed by atoms with Gasteiger partial charge in [-0.3, -0.25) is 14.5 Å². The molecule has 0 radical (unpaired) electrons. The molecule has 0 bridgehead atoms. The molecule has 3 aromatic carbocycles. The van der Waals surface area contributed by atoms with Gasteiger partial charge in [-0.05, 0) is 40.8 Å². The van der Waals surface area contributed by atoms with E-state index in [-0.39, 0.29) is 15.1 Å². The summed E-state index contributed by atoms with van der Waals surface area (Å²) in [5.41, 5.74) is 2.95. The molecule has 0 unspecified atom stereocenters. The molecule has 1 fully saturated rings. The Labute approximate surface area is 220 Å². The Kier molecular flexibility index (Phi) is 7.73. The number of thiocarbonyl (C=S) groups is 1. The van der Waals surface area contributed by atoms with Gasteiger partial charge in [-0.2, -0.15) is 0 Å². The predicted octanol–water partition coefficient (Wildman–Crippen LogP) is 5.08. The van der Waals surface area contributed by atoms with Gasteiger partial charge in [-0.25, -0.2) is 13.1 Å². The normalized spacial score (nSPS) is 16.0. The van der Waals surface area contributed by atoms with Crippen molar-refractivity contribution >= 4 is 56.2 Å².